The van der Waals surface area contributed by atoms with Crippen LogP contribution in [-0.2, 0) is 0 Å². The average molecular weight is 516 g/mol. The molecule has 0 atom stereocenters. The Morgan fingerprint density at radius 2 is 1.94 bits per heavy atom. The zero-order chi connectivity index (χ0) is 24.6. The number of thiazole rings is 1. The van der Waals surface area contributed by atoms with Gasteiger partial charge in [0.1, 0.15) is 5.69 Å². The minimum absolute atomic E-state index is 0.184. The van der Waals surface area contributed by atoms with E-state index in [1.54, 1.807) is 29.8 Å². The molecule has 0 amide bonds. The predicted octanol–water partition coefficient (Wildman–Crippen LogP) is 4.82. The summed E-state index contributed by atoms with van der Waals surface area (Å²) in [4.78, 5) is 19.1. The third kappa shape index (κ3) is 4.00. The molecule has 36 heavy (non-hydrogen) atoms. The molecule has 0 fully saturated rings. The van der Waals surface area contributed by atoms with E-state index in [-0.39, 0.29) is 11.3 Å². The number of ether oxygens (including phenoxy) is 1. The van der Waals surface area contributed by atoms with Crippen LogP contribution in [0.4, 0.5) is 4.39 Å². The third-order valence-corrected chi connectivity index (χ3v) is 7.30. The molecule has 0 aliphatic heterocycles. The first kappa shape index (κ1) is 22.3. The van der Waals surface area contributed by atoms with Crippen molar-refractivity contribution in [1.82, 2.24) is 24.4 Å². The molecule has 0 spiro atoms. The molecular formula is C26H18FN5O2S2. The maximum absolute atomic E-state index is 14.7. The molecule has 6 rings (SSSR count). The van der Waals surface area contributed by atoms with Crippen LogP contribution in [0.25, 0.3) is 38.7 Å². The molecule has 4 heterocycles. The Labute approximate surface area is 212 Å². The first-order valence-corrected chi connectivity index (χ1v) is 12.8. The van der Waals surface area contributed by atoms with E-state index in [9.17, 15) is 9.18 Å². The predicted molar refractivity (Wildman–Crippen MR) is 139 cm³/mol. The summed E-state index contributed by atoms with van der Waals surface area (Å²) in [7, 11) is 0. The van der Waals surface area contributed by atoms with Gasteiger partial charge in [-0.1, -0.05) is 35.6 Å². The molecule has 0 bridgehead atoms. The lowest BCUT2D eigenvalue weighted by atomic mass is 10.1. The van der Waals surface area contributed by atoms with E-state index in [1.165, 1.54) is 33.3 Å². The largest absolute Gasteiger partial charge is 0.491 e. The van der Waals surface area contributed by atoms with Crippen LogP contribution in [-0.4, -0.2) is 31.0 Å². The average Bonchev–Trinajstić information content (AvgIpc) is 3.68. The Morgan fingerprint density at radius 1 is 1.08 bits per heavy atom. The van der Waals surface area contributed by atoms with E-state index >= 15 is 0 Å². The highest BCUT2D eigenvalue weighted by Gasteiger charge is 2.16. The second-order valence-corrected chi connectivity index (χ2v) is 9.77. The maximum Gasteiger partial charge on any atom is 0.291 e. The van der Waals surface area contributed by atoms with Gasteiger partial charge in [0.2, 0.25) is 4.96 Å². The molecule has 0 saturated carbocycles. The fourth-order valence-electron chi connectivity index (χ4n) is 3.84. The van der Waals surface area contributed by atoms with Crippen LogP contribution in [0.3, 0.4) is 0 Å². The highest BCUT2D eigenvalue weighted by atomic mass is 32.1. The molecule has 0 aliphatic carbocycles. The van der Waals surface area contributed by atoms with Crippen molar-refractivity contribution in [3.63, 3.8) is 0 Å². The van der Waals surface area contributed by atoms with Gasteiger partial charge in [-0.05, 0) is 54.8 Å². The molecule has 0 aliphatic rings. The second kappa shape index (κ2) is 9.14. The maximum atomic E-state index is 14.7. The Balaban J connectivity index is 1.49. The summed E-state index contributed by atoms with van der Waals surface area (Å²) >= 11 is 2.77. The highest BCUT2D eigenvalue weighted by Crippen LogP contribution is 2.29. The summed E-state index contributed by atoms with van der Waals surface area (Å²) in [6, 6.07) is 18.2. The van der Waals surface area contributed by atoms with Gasteiger partial charge in [0.25, 0.3) is 5.56 Å². The van der Waals surface area contributed by atoms with Crippen LogP contribution in [0.15, 0.2) is 77.0 Å². The Hall–Kier alpha value is -4.15. The smallest absolute Gasteiger partial charge is 0.291 e. The van der Waals surface area contributed by atoms with Crippen LogP contribution in [0.2, 0.25) is 0 Å². The lowest BCUT2D eigenvalue weighted by Gasteiger charge is -2.06. The number of aromatic nitrogens is 5. The van der Waals surface area contributed by atoms with Gasteiger partial charge >= 0.3 is 0 Å². The first-order valence-electron chi connectivity index (χ1n) is 11.1. The molecule has 6 aromatic rings. The lowest BCUT2D eigenvalue weighted by Crippen LogP contribution is -2.23. The number of hydrogen-bond donors (Lipinski definition) is 0. The summed E-state index contributed by atoms with van der Waals surface area (Å²) in [5.74, 6) is 0.240. The van der Waals surface area contributed by atoms with Crippen molar-refractivity contribution in [2.45, 2.75) is 6.92 Å². The number of para-hydroxylation sites is 1. The van der Waals surface area contributed by atoms with Gasteiger partial charge < -0.3 is 4.74 Å². The zero-order valence-electron chi connectivity index (χ0n) is 19.0. The number of nitrogens with zero attached hydrogens (tertiary/aromatic N) is 5. The number of hydrogen-bond acceptors (Lipinski definition) is 7. The molecule has 0 N–H and O–H groups in total. The Morgan fingerprint density at radius 3 is 2.67 bits per heavy atom. The van der Waals surface area contributed by atoms with Crippen molar-refractivity contribution in [1.29, 1.82) is 0 Å². The molecule has 0 unspecified atom stereocenters. The van der Waals surface area contributed by atoms with Crippen LogP contribution in [0.5, 0.6) is 5.75 Å². The first-order chi connectivity index (χ1) is 17.6. The fourth-order valence-corrected chi connectivity index (χ4v) is 5.39. The number of halogens is 1. The second-order valence-electron chi connectivity index (χ2n) is 7.81. The minimum Gasteiger partial charge on any atom is -0.491 e. The standard InChI is InChI=1S/C26H18FN5O2S2/c1-2-34-20-11-10-16(13-19(20)27)23-17(15-31(29-23)18-7-4-3-5-8-18)14-22-25(33)32-26(36-22)28-24(30-32)21-9-6-12-35-21/h3-15H,2H2,1H3/b22-14-. The van der Waals surface area contributed by atoms with Crippen LogP contribution in [0, 0.1) is 5.82 Å². The Kier molecular flexibility index (Phi) is 5.67. The summed E-state index contributed by atoms with van der Waals surface area (Å²) in [6.07, 6.45) is 3.58. The monoisotopic (exact) mass is 515 g/mol. The summed E-state index contributed by atoms with van der Waals surface area (Å²) < 4.78 is 23.5. The lowest BCUT2D eigenvalue weighted by molar-refractivity contribution is 0.321. The van der Waals surface area contributed by atoms with Crippen molar-refractivity contribution >= 4 is 33.7 Å². The van der Waals surface area contributed by atoms with E-state index in [2.05, 4.69) is 10.1 Å². The van der Waals surface area contributed by atoms with Gasteiger partial charge in [-0.25, -0.2) is 9.07 Å². The van der Waals surface area contributed by atoms with Gasteiger partial charge in [-0.2, -0.15) is 14.6 Å². The van der Waals surface area contributed by atoms with E-state index in [0.29, 0.717) is 38.7 Å². The zero-order valence-corrected chi connectivity index (χ0v) is 20.6. The topological polar surface area (TPSA) is 74.3 Å². The molecular weight excluding hydrogens is 497 g/mol. The van der Waals surface area contributed by atoms with Gasteiger partial charge in [-0.3, -0.25) is 4.79 Å². The van der Waals surface area contributed by atoms with E-state index in [0.717, 1.165) is 10.6 Å². The molecule has 0 radical (unpaired) electrons. The van der Waals surface area contributed by atoms with Gasteiger partial charge in [0.15, 0.2) is 17.4 Å². The Bertz CT molecular complexity index is 1790. The molecule has 7 nitrogen and oxygen atoms in total. The van der Waals surface area contributed by atoms with E-state index in [1.807, 2.05) is 54.0 Å². The number of thiophene rings is 1. The van der Waals surface area contributed by atoms with Crippen molar-refractivity contribution in [3.8, 4) is 33.4 Å². The third-order valence-electron chi connectivity index (χ3n) is 5.48. The van der Waals surface area contributed by atoms with Crippen LogP contribution < -0.4 is 14.8 Å². The van der Waals surface area contributed by atoms with E-state index in [4.69, 9.17) is 9.84 Å². The number of benzene rings is 2. The fraction of sp³-hybridized carbons (Fsp3) is 0.0769. The normalized spacial score (nSPS) is 12.0. The number of fused-ring (bicyclic) bond motifs is 1. The van der Waals surface area contributed by atoms with Crippen molar-refractivity contribution in [2.75, 3.05) is 6.61 Å². The minimum atomic E-state index is -0.473. The number of rotatable bonds is 6. The van der Waals surface area contributed by atoms with E-state index < -0.39 is 5.82 Å². The highest BCUT2D eigenvalue weighted by molar-refractivity contribution is 7.15. The molecule has 0 saturated heterocycles. The summed E-state index contributed by atoms with van der Waals surface area (Å²) in [5, 5.41) is 11.1. The molecule has 10 heteroatoms. The quantitative estimate of drug-likeness (QED) is 0.318. The SMILES string of the molecule is CCOc1ccc(-c2nn(-c3ccccc3)cc2/C=c2\sc3nc(-c4cccs4)nn3c2=O)cc1F. The van der Waals surface area contributed by atoms with Crippen molar-refractivity contribution < 1.29 is 9.13 Å². The molecule has 4 aromatic heterocycles. The van der Waals surface area contributed by atoms with Gasteiger partial charge in [0, 0.05) is 17.3 Å². The van der Waals surface area contributed by atoms with Crippen LogP contribution >= 0.6 is 22.7 Å². The molecule has 178 valence electrons. The van der Waals surface area contributed by atoms with Crippen molar-refractivity contribution in [3.05, 3.63) is 98.5 Å². The van der Waals surface area contributed by atoms with Crippen LogP contribution in [0.1, 0.15) is 12.5 Å². The van der Waals surface area contributed by atoms with Crippen molar-refractivity contribution in [2.24, 2.45) is 0 Å². The summed E-state index contributed by atoms with van der Waals surface area (Å²) in [5.41, 5.74) is 2.36. The van der Waals surface area contributed by atoms with Gasteiger partial charge in [-0.15, -0.1) is 16.4 Å². The molecule has 2 aromatic carbocycles. The van der Waals surface area contributed by atoms with Gasteiger partial charge in [0.05, 0.1) is 21.7 Å². The summed E-state index contributed by atoms with van der Waals surface area (Å²) in [6.45, 7) is 2.17.